The Morgan fingerprint density at radius 2 is 2.18 bits per heavy atom. The molecule has 1 saturated heterocycles. The summed E-state index contributed by atoms with van der Waals surface area (Å²) in [4.78, 5) is 15.2. The number of nitrogens with zero attached hydrogens (tertiary/aromatic N) is 2. The first-order chi connectivity index (χ1) is 8.22. The fourth-order valence-electron chi connectivity index (χ4n) is 1.99. The maximum absolute atomic E-state index is 13.1. The fourth-order valence-corrected chi connectivity index (χ4v) is 1.99. The molecule has 1 aliphatic rings. The van der Waals surface area contributed by atoms with Crippen LogP contribution in [0.25, 0.3) is 0 Å². The summed E-state index contributed by atoms with van der Waals surface area (Å²) in [5.74, 6) is -0.352. The van der Waals surface area contributed by atoms with Crippen molar-refractivity contribution < 1.29 is 14.3 Å². The number of hydrogen-bond acceptors (Lipinski definition) is 2. The zero-order valence-electron chi connectivity index (χ0n) is 9.47. The molecule has 5 heteroatoms. The van der Waals surface area contributed by atoms with E-state index in [4.69, 9.17) is 5.11 Å². The molecule has 1 N–H and O–H groups in total. The van der Waals surface area contributed by atoms with Crippen LogP contribution in [0.1, 0.15) is 6.42 Å². The minimum Gasteiger partial charge on any atom is -0.395 e. The molecule has 2 amide bonds. The minimum absolute atomic E-state index is 0.0528. The monoisotopic (exact) mass is 238 g/mol. The number of carbonyl (C=O) groups excluding carboxylic acids is 1. The summed E-state index contributed by atoms with van der Waals surface area (Å²) < 4.78 is 13.1. The molecule has 0 aromatic heterocycles. The van der Waals surface area contributed by atoms with Gasteiger partial charge in [-0.25, -0.2) is 9.18 Å². The van der Waals surface area contributed by atoms with Gasteiger partial charge in [0.25, 0.3) is 0 Å². The number of aliphatic hydroxyl groups excluding tert-OH is 1. The molecule has 0 radical (unpaired) electrons. The second kappa shape index (κ2) is 5.14. The van der Waals surface area contributed by atoms with E-state index < -0.39 is 0 Å². The molecule has 1 fully saturated rings. The summed E-state index contributed by atoms with van der Waals surface area (Å²) in [6.07, 6.45) is 0.822. The maximum atomic E-state index is 13.1. The van der Waals surface area contributed by atoms with Crippen molar-refractivity contribution in [1.82, 2.24) is 4.90 Å². The first-order valence-corrected chi connectivity index (χ1v) is 5.65. The Labute approximate surface area is 99.3 Å². The zero-order valence-corrected chi connectivity index (χ0v) is 9.47. The molecule has 0 aliphatic carbocycles. The number of aliphatic hydroxyl groups is 1. The molecule has 4 nitrogen and oxygen atoms in total. The molecule has 0 unspecified atom stereocenters. The summed E-state index contributed by atoms with van der Waals surface area (Å²) in [5, 5.41) is 8.86. The second-order valence-corrected chi connectivity index (χ2v) is 3.98. The molecule has 1 aromatic rings. The van der Waals surface area contributed by atoms with Gasteiger partial charge in [-0.2, -0.15) is 0 Å². The lowest BCUT2D eigenvalue weighted by molar-refractivity contribution is 0.174. The number of carbonyl (C=O) groups is 1. The molecule has 92 valence electrons. The summed E-state index contributed by atoms with van der Waals surface area (Å²) in [7, 11) is 0. The van der Waals surface area contributed by atoms with E-state index in [1.807, 2.05) is 0 Å². The first-order valence-electron chi connectivity index (χ1n) is 5.65. The van der Waals surface area contributed by atoms with Crippen LogP contribution < -0.4 is 4.90 Å². The van der Waals surface area contributed by atoms with Gasteiger partial charge in [-0.1, -0.05) is 6.07 Å². The largest absolute Gasteiger partial charge is 0.395 e. The lowest BCUT2D eigenvalue weighted by Crippen LogP contribution is -2.50. The maximum Gasteiger partial charge on any atom is 0.324 e. The SMILES string of the molecule is O=C1N(CCO)CCCN1c1cccc(F)c1. The molecule has 1 aliphatic heterocycles. The Kier molecular flexibility index (Phi) is 3.58. The Balaban J connectivity index is 2.17. The highest BCUT2D eigenvalue weighted by Crippen LogP contribution is 2.20. The van der Waals surface area contributed by atoms with Gasteiger partial charge in [0.15, 0.2) is 0 Å². The molecule has 1 heterocycles. The van der Waals surface area contributed by atoms with Crippen LogP contribution in [0.5, 0.6) is 0 Å². The van der Waals surface area contributed by atoms with Gasteiger partial charge in [0, 0.05) is 25.3 Å². The molecular formula is C12H15FN2O2. The van der Waals surface area contributed by atoms with E-state index in [1.165, 1.54) is 12.1 Å². The van der Waals surface area contributed by atoms with E-state index >= 15 is 0 Å². The van der Waals surface area contributed by atoms with Gasteiger partial charge >= 0.3 is 6.03 Å². The van der Waals surface area contributed by atoms with Crippen LogP contribution in [-0.2, 0) is 0 Å². The lowest BCUT2D eigenvalue weighted by Gasteiger charge is -2.35. The topological polar surface area (TPSA) is 43.8 Å². The average molecular weight is 238 g/mol. The minimum atomic E-state index is -0.352. The van der Waals surface area contributed by atoms with Crippen LogP contribution in [0.4, 0.5) is 14.9 Å². The Morgan fingerprint density at radius 1 is 1.35 bits per heavy atom. The van der Waals surface area contributed by atoms with Crippen LogP contribution in [0.3, 0.4) is 0 Å². The molecule has 0 spiro atoms. The third-order valence-corrected chi connectivity index (χ3v) is 2.80. The van der Waals surface area contributed by atoms with Crippen molar-refractivity contribution in [2.45, 2.75) is 6.42 Å². The van der Waals surface area contributed by atoms with Crippen molar-refractivity contribution in [3.8, 4) is 0 Å². The summed E-state index contributed by atoms with van der Waals surface area (Å²) >= 11 is 0. The van der Waals surface area contributed by atoms with Gasteiger partial charge in [0.1, 0.15) is 5.82 Å². The van der Waals surface area contributed by atoms with E-state index in [2.05, 4.69) is 0 Å². The molecule has 2 rings (SSSR count). The van der Waals surface area contributed by atoms with Crippen LogP contribution in [0.15, 0.2) is 24.3 Å². The van der Waals surface area contributed by atoms with E-state index in [0.717, 1.165) is 6.42 Å². The van der Waals surface area contributed by atoms with Crippen molar-refractivity contribution in [2.24, 2.45) is 0 Å². The number of halogens is 1. The zero-order chi connectivity index (χ0) is 12.3. The van der Waals surface area contributed by atoms with Crippen LogP contribution in [0.2, 0.25) is 0 Å². The molecule has 0 bridgehead atoms. The van der Waals surface area contributed by atoms with Crippen LogP contribution >= 0.6 is 0 Å². The Bertz CT molecular complexity index is 409. The average Bonchev–Trinajstić information content (AvgIpc) is 2.32. The quantitative estimate of drug-likeness (QED) is 0.866. The predicted molar refractivity (Wildman–Crippen MR) is 62.4 cm³/mol. The molecule has 0 saturated carbocycles. The fraction of sp³-hybridized carbons (Fsp3) is 0.417. The van der Waals surface area contributed by atoms with Crippen molar-refractivity contribution >= 4 is 11.7 Å². The van der Waals surface area contributed by atoms with Crippen LogP contribution in [-0.4, -0.2) is 42.3 Å². The summed E-state index contributed by atoms with van der Waals surface area (Å²) in [5.41, 5.74) is 0.567. The summed E-state index contributed by atoms with van der Waals surface area (Å²) in [6.45, 7) is 1.50. The Hall–Kier alpha value is -1.62. The number of urea groups is 1. The first kappa shape index (κ1) is 11.9. The standard InChI is InChI=1S/C12H15FN2O2/c13-10-3-1-4-11(9-10)15-6-2-5-14(7-8-16)12(15)17/h1,3-4,9,16H,2,5-8H2. The molecule has 17 heavy (non-hydrogen) atoms. The highest BCUT2D eigenvalue weighted by Gasteiger charge is 2.26. The van der Waals surface area contributed by atoms with Gasteiger partial charge in [-0.3, -0.25) is 4.90 Å². The van der Waals surface area contributed by atoms with E-state index in [9.17, 15) is 9.18 Å². The predicted octanol–water partition coefficient (Wildman–Crippen LogP) is 1.45. The normalized spacial score (nSPS) is 16.5. The highest BCUT2D eigenvalue weighted by atomic mass is 19.1. The van der Waals surface area contributed by atoms with Gasteiger partial charge in [0.2, 0.25) is 0 Å². The molecule has 0 atom stereocenters. The van der Waals surface area contributed by atoms with Crippen molar-refractivity contribution in [3.63, 3.8) is 0 Å². The molecular weight excluding hydrogens is 223 g/mol. The number of amides is 2. The van der Waals surface area contributed by atoms with Gasteiger partial charge in [-0.05, 0) is 24.6 Å². The third-order valence-electron chi connectivity index (χ3n) is 2.80. The number of rotatable bonds is 3. The van der Waals surface area contributed by atoms with Crippen molar-refractivity contribution in [1.29, 1.82) is 0 Å². The van der Waals surface area contributed by atoms with E-state index in [1.54, 1.807) is 21.9 Å². The van der Waals surface area contributed by atoms with Crippen LogP contribution in [0, 0.1) is 5.82 Å². The highest BCUT2D eigenvalue weighted by molar-refractivity contribution is 5.92. The third kappa shape index (κ3) is 2.55. The number of anilines is 1. The van der Waals surface area contributed by atoms with Gasteiger partial charge in [0.05, 0.1) is 6.61 Å². The van der Waals surface area contributed by atoms with Gasteiger partial charge < -0.3 is 10.0 Å². The number of benzene rings is 1. The molecule has 1 aromatic carbocycles. The Morgan fingerprint density at radius 3 is 2.88 bits per heavy atom. The van der Waals surface area contributed by atoms with Crippen molar-refractivity contribution in [2.75, 3.05) is 31.1 Å². The number of hydrogen-bond donors (Lipinski definition) is 1. The van der Waals surface area contributed by atoms with E-state index in [0.29, 0.717) is 25.3 Å². The summed E-state index contributed by atoms with van der Waals surface area (Å²) in [6, 6.07) is 5.83. The second-order valence-electron chi connectivity index (χ2n) is 3.98. The lowest BCUT2D eigenvalue weighted by atomic mass is 10.2. The number of β-amino-alcohol motifs (C(OH)–C–C–N with tert-alkyl or cyclic N) is 1. The van der Waals surface area contributed by atoms with E-state index in [-0.39, 0.29) is 18.5 Å². The van der Waals surface area contributed by atoms with Crippen molar-refractivity contribution in [3.05, 3.63) is 30.1 Å². The van der Waals surface area contributed by atoms with Gasteiger partial charge in [-0.15, -0.1) is 0 Å². The smallest absolute Gasteiger partial charge is 0.324 e.